The maximum Gasteiger partial charge on any atom is 0.305 e. The minimum Gasteiger partial charge on any atom is -0.481 e. The number of carboxylic acids is 1. The summed E-state index contributed by atoms with van der Waals surface area (Å²) >= 11 is 0. The van der Waals surface area contributed by atoms with Crippen LogP contribution in [0.15, 0.2) is 30.3 Å². The van der Waals surface area contributed by atoms with E-state index in [0.717, 1.165) is 0 Å². The molecule has 0 saturated carbocycles. The molecule has 0 heterocycles. The molecule has 0 spiro atoms. The molecule has 2 amide bonds. The van der Waals surface area contributed by atoms with Gasteiger partial charge in [0.05, 0.1) is 31.2 Å². The molecule has 0 aliphatic carbocycles. The first-order valence-corrected chi connectivity index (χ1v) is 12.8. The minimum absolute atomic E-state index is 0.130. The third-order valence-corrected chi connectivity index (χ3v) is 6.26. The molecule has 12 heteroatoms. The van der Waals surface area contributed by atoms with E-state index < -0.39 is 67.2 Å². The van der Waals surface area contributed by atoms with Crippen molar-refractivity contribution in [2.24, 2.45) is 17.6 Å². The second-order valence-electron chi connectivity index (χ2n) is 10.3. The Kier molecular flexibility index (Phi) is 14.4. The van der Waals surface area contributed by atoms with Crippen LogP contribution in [0.25, 0.3) is 0 Å². The zero-order valence-corrected chi connectivity index (χ0v) is 22.4. The van der Waals surface area contributed by atoms with Crippen molar-refractivity contribution in [3.8, 4) is 0 Å². The van der Waals surface area contributed by atoms with E-state index in [1.807, 2.05) is 27.7 Å². The van der Waals surface area contributed by atoms with E-state index in [2.05, 4.69) is 16.0 Å². The quantitative estimate of drug-likeness (QED) is 0.116. The third-order valence-electron chi connectivity index (χ3n) is 6.26. The molecule has 0 fully saturated rings. The fourth-order valence-electron chi connectivity index (χ4n) is 3.74. The van der Waals surface area contributed by atoms with E-state index in [0.29, 0.717) is 18.5 Å². The van der Waals surface area contributed by atoms with E-state index in [-0.39, 0.29) is 17.9 Å². The number of hydrogen-bond donors (Lipinski definition) is 9. The van der Waals surface area contributed by atoms with Crippen molar-refractivity contribution in [1.29, 1.82) is 0 Å². The van der Waals surface area contributed by atoms with Crippen LogP contribution in [0.3, 0.4) is 0 Å². The van der Waals surface area contributed by atoms with Crippen molar-refractivity contribution in [3.63, 3.8) is 0 Å². The van der Waals surface area contributed by atoms with Crippen LogP contribution in [0.2, 0.25) is 0 Å². The molecule has 38 heavy (non-hydrogen) atoms. The predicted octanol–water partition coefficient (Wildman–Crippen LogP) is -1.13. The Hall–Kier alpha value is -2.61. The fourth-order valence-corrected chi connectivity index (χ4v) is 3.74. The minimum atomic E-state index is -2.18. The van der Waals surface area contributed by atoms with Gasteiger partial charge in [0.1, 0.15) is 12.2 Å². The molecular formula is C26H44N4O8. The van der Waals surface area contributed by atoms with Gasteiger partial charge in [-0.15, -0.1) is 0 Å². The van der Waals surface area contributed by atoms with Gasteiger partial charge in [0.15, 0.2) is 6.10 Å². The molecule has 1 aromatic carbocycles. The molecule has 0 aliphatic heterocycles. The Morgan fingerprint density at radius 1 is 0.921 bits per heavy atom. The highest BCUT2D eigenvalue weighted by Crippen LogP contribution is 2.18. The van der Waals surface area contributed by atoms with Crippen LogP contribution in [-0.2, 0) is 14.4 Å². The Morgan fingerprint density at radius 3 is 2.03 bits per heavy atom. The maximum atomic E-state index is 13.0. The zero-order valence-electron chi connectivity index (χ0n) is 22.4. The SMILES string of the molecule is CC(C)C[C@H](NC[C@H](N)C(C)C)C(=O)N[C@@H](CO)[C@@H](O)[C@@H](O)[C@H](O)C(=O)N[C@@H](CC(=O)O)c1ccccc1. The van der Waals surface area contributed by atoms with Gasteiger partial charge in [0, 0.05) is 12.6 Å². The van der Waals surface area contributed by atoms with Crippen LogP contribution < -0.4 is 21.7 Å². The van der Waals surface area contributed by atoms with E-state index >= 15 is 0 Å². The van der Waals surface area contributed by atoms with Crippen molar-refractivity contribution in [2.45, 2.75) is 83.0 Å². The van der Waals surface area contributed by atoms with E-state index in [9.17, 15) is 39.9 Å². The number of aliphatic carboxylic acids is 1. The number of hydrogen-bond acceptors (Lipinski definition) is 9. The van der Waals surface area contributed by atoms with Gasteiger partial charge in [-0.25, -0.2) is 0 Å². The van der Waals surface area contributed by atoms with Gasteiger partial charge in [-0.05, 0) is 23.8 Å². The van der Waals surface area contributed by atoms with Gasteiger partial charge >= 0.3 is 5.97 Å². The molecular weight excluding hydrogens is 496 g/mol. The van der Waals surface area contributed by atoms with Crippen LogP contribution in [0, 0.1) is 11.8 Å². The summed E-state index contributed by atoms with van der Waals surface area (Å²) < 4.78 is 0. The summed E-state index contributed by atoms with van der Waals surface area (Å²) in [7, 11) is 0. The zero-order chi connectivity index (χ0) is 29.0. The number of carbonyl (C=O) groups is 3. The van der Waals surface area contributed by atoms with Crippen LogP contribution in [0.5, 0.6) is 0 Å². The highest BCUT2D eigenvalue weighted by atomic mass is 16.4. The number of carboxylic acid groups (broad SMARTS) is 1. The van der Waals surface area contributed by atoms with Crippen LogP contribution in [0.1, 0.15) is 52.1 Å². The lowest BCUT2D eigenvalue weighted by atomic mass is 9.97. The molecule has 12 nitrogen and oxygen atoms in total. The van der Waals surface area contributed by atoms with Crippen molar-refractivity contribution in [2.75, 3.05) is 13.2 Å². The lowest BCUT2D eigenvalue weighted by Gasteiger charge is -2.31. The summed E-state index contributed by atoms with van der Waals surface area (Å²) in [6.07, 6.45) is -6.24. The van der Waals surface area contributed by atoms with Gasteiger partial charge in [-0.1, -0.05) is 58.0 Å². The van der Waals surface area contributed by atoms with Gasteiger partial charge in [-0.3, -0.25) is 14.4 Å². The number of rotatable bonds is 17. The van der Waals surface area contributed by atoms with Crippen LogP contribution in [0.4, 0.5) is 0 Å². The van der Waals surface area contributed by atoms with Gasteiger partial charge in [0.2, 0.25) is 5.91 Å². The lowest BCUT2D eigenvalue weighted by Crippen LogP contribution is -2.59. The summed E-state index contributed by atoms with van der Waals surface area (Å²) in [5, 5.41) is 58.4. The Balaban J connectivity index is 2.90. The molecule has 0 aliphatic rings. The number of aliphatic hydroxyl groups is 4. The smallest absolute Gasteiger partial charge is 0.305 e. The van der Waals surface area contributed by atoms with Gasteiger partial charge in [0.25, 0.3) is 5.91 Å². The highest BCUT2D eigenvalue weighted by molar-refractivity contribution is 5.83. The number of carbonyl (C=O) groups excluding carboxylic acids is 2. The molecule has 7 atom stereocenters. The molecule has 216 valence electrons. The third kappa shape index (κ3) is 11.0. The summed E-state index contributed by atoms with van der Waals surface area (Å²) in [6, 6.07) is 4.89. The standard InChI is InChI=1S/C26H44N4O8/c1-14(2)10-19(28-12-17(27)15(3)4)25(37)30-20(13-31)22(34)23(35)24(36)26(38)29-18(11-21(32)33)16-8-6-5-7-9-16/h5-9,14-15,17-20,22-24,28,31,34-36H,10-13,27H2,1-4H3,(H,29,38)(H,30,37)(H,32,33)/t17-,18-,19-,20-,22+,23+,24-/m0/s1. The Bertz CT molecular complexity index is 870. The van der Waals surface area contributed by atoms with E-state index in [4.69, 9.17) is 5.73 Å². The van der Waals surface area contributed by atoms with E-state index in [1.54, 1.807) is 30.3 Å². The number of nitrogens with two attached hydrogens (primary N) is 1. The fraction of sp³-hybridized carbons (Fsp3) is 0.654. The Labute approximate surface area is 223 Å². The first-order chi connectivity index (χ1) is 17.8. The number of nitrogens with one attached hydrogen (secondary N) is 3. The van der Waals surface area contributed by atoms with Crippen LogP contribution >= 0.6 is 0 Å². The van der Waals surface area contributed by atoms with Gasteiger partial charge < -0.3 is 47.2 Å². The largest absolute Gasteiger partial charge is 0.481 e. The van der Waals surface area contributed by atoms with Crippen molar-refractivity contribution < 1.29 is 39.9 Å². The topological polar surface area (TPSA) is 214 Å². The normalized spacial score (nSPS) is 17.2. The second kappa shape index (κ2) is 16.4. The Morgan fingerprint density at radius 2 is 1.53 bits per heavy atom. The molecule has 0 bridgehead atoms. The van der Waals surface area contributed by atoms with Crippen molar-refractivity contribution >= 4 is 17.8 Å². The predicted molar refractivity (Wildman–Crippen MR) is 141 cm³/mol. The van der Waals surface area contributed by atoms with Crippen LogP contribution in [-0.4, -0.2) is 92.9 Å². The highest BCUT2D eigenvalue weighted by Gasteiger charge is 2.37. The average Bonchev–Trinajstić information content (AvgIpc) is 2.87. The molecule has 1 rings (SSSR count). The first-order valence-electron chi connectivity index (χ1n) is 12.8. The average molecular weight is 541 g/mol. The summed E-state index contributed by atoms with van der Waals surface area (Å²) in [5.74, 6) is -2.57. The number of amides is 2. The molecule has 0 saturated heterocycles. The number of aliphatic hydroxyl groups excluding tert-OH is 4. The summed E-state index contributed by atoms with van der Waals surface area (Å²) in [5.41, 5.74) is 6.53. The second-order valence-corrected chi connectivity index (χ2v) is 10.3. The molecule has 0 aromatic heterocycles. The summed E-state index contributed by atoms with van der Waals surface area (Å²) in [4.78, 5) is 36.8. The number of benzene rings is 1. The molecule has 1 aromatic rings. The van der Waals surface area contributed by atoms with Crippen molar-refractivity contribution in [3.05, 3.63) is 35.9 Å². The van der Waals surface area contributed by atoms with Crippen molar-refractivity contribution in [1.82, 2.24) is 16.0 Å². The molecule has 0 radical (unpaired) electrons. The van der Waals surface area contributed by atoms with Gasteiger partial charge in [-0.2, -0.15) is 0 Å². The maximum absolute atomic E-state index is 13.0. The molecule has 0 unspecified atom stereocenters. The lowest BCUT2D eigenvalue weighted by molar-refractivity contribution is -0.145. The van der Waals surface area contributed by atoms with E-state index in [1.165, 1.54) is 0 Å². The summed E-state index contributed by atoms with van der Waals surface area (Å²) in [6.45, 7) is 7.32. The monoisotopic (exact) mass is 540 g/mol. The molecule has 10 N–H and O–H groups in total. The first kappa shape index (κ1) is 33.4.